The number of nitrogens with zero attached hydrogens (tertiary/aromatic N) is 2. The van der Waals surface area contributed by atoms with Crippen molar-refractivity contribution in [3.05, 3.63) is 71.1 Å². The minimum absolute atomic E-state index is 0.0589. The van der Waals surface area contributed by atoms with Crippen LogP contribution in [0.25, 0.3) is 11.4 Å². The third kappa shape index (κ3) is 4.20. The molecule has 1 heterocycles. The SMILES string of the molecule is O=C(CCc1ccccc1)NCc1nc(-c2ccccc2Cl)no1. The Balaban J connectivity index is 1.52. The van der Waals surface area contributed by atoms with Gasteiger partial charge in [-0.3, -0.25) is 4.79 Å². The van der Waals surface area contributed by atoms with Crippen molar-refractivity contribution < 1.29 is 9.32 Å². The number of benzene rings is 2. The Hall–Kier alpha value is -2.66. The molecule has 3 aromatic rings. The largest absolute Gasteiger partial charge is 0.347 e. The second-order valence-corrected chi connectivity index (χ2v) is 5.66. The first-order valence-corrected chi connectivity index (χ1v) is 7.98. The molecule has 0 saturated carbocycles. The Morgan fingerprint density at radius 1 is 1.08 bits per heavy atom. The van der Waals surface area contributed by atoms with Gasteiger partial charge in [0.05, 0.1) is 11.6 Å². The first-order valence-electron chi connectivity index (χ1n) is 7.60. The van der Waals surface area contributed by atoms with Gasteiger partial charge in [0.2, 0.25) is 17.6 Å². The molecular weight excluding hydrogens is 326 g/mol. The van der Waals surface area contributed by atoms with Gasteiger partial charge < -0.3 is 9.84 Å². The number of hydrogen-bond donors (Lipinski definition) is 1. The first-order chi connectivity index (χ1) is 11.7. The molecule has 1 aromatic heterocycles. The van der Waals surface area contributed by atoms with Crippen molar-refractivity contribution in [2.24, 2.45) is 0 Å². The molecule has 3 rings (SSSR count). The monoisotopic (exact) mass is 341 g/mol. The molecule has 0 spiro atoms. The van der Waals surface area contributed by atoms with E-state index in [4.69, 9.17) is 16.1 Å². The Labute approximate surface area is 144 Å². The van der Waals surface area contributed by atoms with Crippen LogP contribution in [0.2, 0.25) is 5.02 Å². The van der Waals surface area contributed by atoms with Gasteiger partial charge in [-0.2, -0.15) is 4.98 Å². The number of carbonyl (C=O) groups excluding carboxylic acids is 1. The molecule has 0 aliphatic carbocycles. The molecule has 1 amide bonds. The first kappa shape index (κ1) is 16.2. The fraction of sp³-hybridized carbons (Fsp3) is 0.167. The molecule has 0 bridgehead atoms. The zero-order valence-corrected chi connectivity index (χ0v) is 13.7. The summed E-state index contributed by atoms with van der Waals surface area (Å²) in [6.07, 6.45) is 1.11. The van der Waals surface area contributed by atoms with Crippen molar-refractivity contribution in [3.8, 4) is 11.4 Å². The molecule has 24 heavy (non-hydrogen) atoms. The summed E-state index contributed by atoms with van der Waals surface area (Å²) < 4.78 is 5.15. The number of aromatic nitrogens is 2. The smallest absolute Gasteiger partial charge is 0.246 e. The molecule has 2 aromatic carbocycles. The van der Waals surface area contributed by atoms with Gasteiger partial charge in [-0.25, -0.2) is 0 Å². The number of nitrogens with one attached hydrogen (secondary N) is 1. The van der Waals surface area contributed by atoms with Crippen molar-refractivity contribution in [3.63, 3.8) is 0 Å². The lowest BCUT2D eigenvalue weighted by atomic mass is 10.1. The molecule has 0 saturated heterocycles. The van der Waals surface area contributed by atoms with Crippen LogP contribution < -0.4 is 5.32 Å². The number of aryl methyl sites for hydroxylation is 1. The van der Waals surface area contributed by atoms with Crippen LogP contribution in [0.5, 0.6) is 0 Å². The Kier molecular flexibility index (Phi) is 5.23. The van der Waals surface area contributed by atoms with Crippen LogP contribution in [-0.2, 0) is 17.8 Å². The molecular formula is C18H16ClN3O2. The Morgan fingerprint density at radius 3 is 2.62 bits per heavy atom. The van der Waals surface area contributed by atoms with E-state index >= 15 is 0 Å². The molecule has 0 unspecified atom stereocenters. The van der Waals surface area contributed by atoms with Crippen LogP contribution in [0.4, 0.5) is 0 Å². The average molecular weight is 342 g/mol. The van der Waals surface area contributed by atoms with E-state index in [0.717, 1.165) is 5.56 Å². The van der Waals surface area contributed by atoms with Gasteiger partial charge in [0, 0.05) is 12.0 Å². The van der Waals surface area contributed by atoms with Crippen LogP contribution in [-0.4, -0.2) is 16.0 Å². The van der Waals surface area contributed by atoms with E-state index in [9.17, 15) is 4.79 Å². The van der Waals surface area contributed by atoms with E-state index in [1.807, 2.05) is 48.5 Å². The summed E-state index contributed by atoms with van der Waals surface area (Å²) in [6.45, 7) is 0.199. The highest BCUT2D eigenvalue weighted by Gasteiger charge is 2.12. The fourth-order valence-electron chi connectivity index (χ4n) is 2.24. The summed E-state index contributed by atoms with van der Waals surface area (Å²) in [5.41, 5.74) is 1.83. The van der Waals surface area contributed by atoms with Gasteiger partial charge in [-0.05, 0) is 24.1 Å². The third-order valence-electron chi connectivity index (χ3n) is 3.50. The van der Waals surface area contributed by atoms with Gasteiger partial charge in [0.1, 0.15) is 0 Å². The minimum atomic E-state index is -0.0589. The van der Waals surface area contributed by atoms with Crippen molar-refractivity contribution in [1.82, 2.24) is 15.5 Å². The molecule has 0 atom stereocenters. The van der Waals surface area contributed by atoms with E-state index in [-0.39, 0.29) is 12.5 Å². The summed E-state index contributed by atoms with van der Waals surface area (Å²) in [5.74, 6) is 0.698. The summed E-state index contributed by atoms with van der Waals surface area (Å²) in [6, 6.07) is 17.1. The van der Waals surface area contributed by atoms with Crippen LogP contribution in [0.3, 0.4) is 0 Å². The van der Waals surface area contributed by atoms with Crippen molar-refractivity contribution in [2.45, 2.75) is 19.4 Å². The van der Waals surface area contributed by atoms with Gasteiger partial charge >= 0.3 is 0 Å². The molecule has 6 heteroatoms. The third-order valence-corrected chi connectivity index (χ3v) is 3.83. The van der Waals surface area contributed by atoms with Gasteiger partial charge in [-0.15, -0.1) is 0 Å². The molecule has 1 N–H and O–H groups in total. The normalized spacial score (nSPS) is 10.5. The average Bonchev–Trinajstić information content (AvgIpc) is 3.08. The highest BCUT2D eigenvalue weighted by Crippen LogP contribution is 2.24. The maximum atomic E-state index is 11.9. The van der Waals surface area contributed by atoms with E-state index < -0.39 is 0 Å². The summed E-state index contributed by atoms with van der Waals surface area (Å²) in [4.78, 5) is 16.2. The minimum Gasteiger partial charge on any atom is -0.347 e. The fourth-order valence-corrected chi connectivity index (χ4v) is 2.46. The summed E-state index contributed by atoms with van der Waals surface area (Å²) >= 11 is 6.10. The van der Waals surface area contributed by atoms with Crippen molar-refractivity contribution >= 4 is 17.5 Å². The number of carbonyl (C=O) groups is 1. The highest BCUT2D eigenvalue weighted by atomic mass is 35.5. The lowest BCUT2D eigenvalue weighted by molar-refractivity contribution is -0.121. The van der Waals surface area contributed by atoms with Gasteiger partial charge in [0.15, 0.2) is 0 Å². The second kappa shape index (κ2) is 7.75. The highest BCUT2D eigenvalue weighted by molar-refractivity contribution is 6.33. The maximum absolute atomic E-state index is 11.9. The van der Waals surface area contributed by atoms with Gasteiger partial charge in [-0.1, -0.05) is 59.2 Å². The maximum Gasteiger partial charge on any atom is 0.246 e. The number of hydrogen-bond acceptors (Lipinski definition) is 4. The number of halogens is 1. The Morgan fingerprint density at radius 2 is 1.83 bits per heavy atom. The van der Waals surface area contributed by atoms with E-state index in [1.165, 1.54) is 0 Å². The van der Waals surface area contributed by atoms with E-state index in [0.29, 0.717) is 35.1 Å². The molecule has 5 nitrogen and oxygen atoms in total. The quantitative estimate of drug-likeness (QED) is 0.743. The van der Waals surface area contributed by atoms with Crippen LogP contribution in [0.1, 0.15) is 17.9 Å². The summed E-state index contributed by atoms with van der Waals surface area (Å²) in [5, 5.41) is 7.23. The molecule has 0 fully saturated rings. The molecule has 122 valence electrons. The molecule has 0 radical (unpaired) electrons. The zero-order chi connectivity index (χ0) is 16.8. The zero-order valence-electron chi connectivity index (χ0n) is 12.9. The van der Waals surface area contributed by atoms with Crippen LogP contribution in [0.15, 0.2) is 59.1 Å². The lowest BCUT2D eigenvalue weighted by Crippen LogP contribution is -2.23. The number of rotatable bonds is 6. The standard InChI is InChI=1S/C18H16ClN3O2/c19-15-9-5-4-8-14(15)18-21-17(24-22-18)12-20-16(23)11-10-13-6-2-1-3-7-13/h1-9H,10-12H2,(H,20,23). The van der Waals surface area contributed by atoms with E-state index in [2.05, 4.69) is 15.5 Å². The van der Waals surface area contributed by atoms with Crippen LogP contribution >= 0.6 is 11.6 Å². The second-order valence-electron chi connectivity index (χ2n) is 5.25. The Bertz CT molecular complexity index is 818. The predicted molar refractivity (Wildman–Crippen MR) is 91.4 cm³/mol. The molecule has 0 aliphatic rings. The van der Waals surface area contributed by atoms with Crippen molar-refractivity contribution in [1.29, 1.82) is 0 Å². The summed E-state index contributed by atoms with van der Waals surface area (Å²) in [7, 11) is 0. The van der Waals surface area contributed by atoms with Crippen molar-refractivity contribution in [2.75, 3.05) is 0 Å². The van der Waals surface area contributed by atoms with Gasteiger partial charge in [0.25, 0.3) is 0 Å². The van der Waals surface area contributed by atoms with E-state index in [1.54, 1.807) is 6.07 Å². The number of amides is 1. The molecule has 0 aliphatic heterocycles. The lowest BCUT2D eigenvalue weighted by Gasteiger charge is -2.02. The topological polar surface area (TPSA) is 68.0 Å². The van der Waals surface area contributed by atoms with Crippen LogP contribution in [0, 0.1) is 0 Å². The predicted octanol–water partition coefficient (Wildman–Crippen LogP) is 3.64.